The Hall–Kier alpha value is -2.05. The number of carbonyl (C=O) groups is 1. The van der Waals surface area contributed by atoms with Gasteiger partial charge in [0.1, 0.15) is 5.76 Å². The fourth-order valence-corrected chi connectivity index (χ4v) is 2.35. The zero-order chi connectivity index (χ0) is 16.1. The van der Waals surface area contributed by atoms with Gasteiger partial charge in [0.25, 0.3) is 0 Å². The monoisotopic (exact) mass is 322 g/mol. The highest BCUT2D eigenvalue weighted by Crippen LogP contribution is 2.25. The second-order valence-corrected chi connectivity index (χ2v) is 5.57. The van der Waals surface area contributed by atoms with Crippen molar-refractivity contribution in [1.29, 1.82) is 0 Å². The van der Waals surface area contributed by atoms with Crippen LogP contribution >= 0.6 is 11.6 Å². The highest BCUT2D eigenvalue weighted by molar-refractivity contribution is 6.31. The van der Waals surface area contributed by atoms with E-state index in [1.54, 1.807) is 13.0 Å². The number of halogens is 1. The number of hydrogen-bond acceptors (Lipinski definition) is 4. The van der Waals surface area contributed by atoms with Crippen LogP contribution in [0.5, 0.6) is 0 Å². The summed E-state index contributed by atoms with van der Waals surface area (Å²) in [5, 5.41) is 9.82. The number of likely N-dealkylation sites (N-methyl/N-ethyl adjacent to an activating group) is 1. The third-order valence-corrected chi connectivity index (χ3v) is 3.56. The van der Waals surface area contributed by atoms with Crippen LogP contribution in [-0.2, 0) is 0 Å². The molecule has 0 saturated carbocycles. The molecule has 0 aliphatic heterocycles. The lowest BCUT2D eigenvalue weighted by Gasteiger charge is -2.25. The molecule has 0 radical (unpaired) electrons. The van der Waals surface area contributed by atoms with Crippen LogP contribution in [0.3, 0.4) is 0 Å². The number of nitrogens with zero attached hydrogens (tertiary/aromatic N) is 2. The number of benzene rings is 1. The van der Waals surface area contributed by atoms with Crippen LogP contribution in [0.4, 0.5) is 10.6 Å². The number of aryl methyl sites for hydroxylation is 1. The number of hydrogen-bond donors (Lipinski definition) is 2. The molecule has 1 aromatic heterocycles. The predicted octanol–water partition coefficient (Wildman–Crippen LogP) is 3.06. The molecule has 22 heavy (non-hydrogen) atoms. The predicted molar refractivity (Wildman–Crippen MR) is 86.1 cm³/mol. The van der Waals surface area contributed by atoms with Crippen LogP contribution in [0.1, 0.15) is 17.4 Å². The van der Waals surface area contributed by atoms with Gasteiger partial charge in [-0.2, -0.15) is 0 Å². The zero-order valence-electron chi connectivity index (χ0n) is 12.8. The van der Waals surface area contributed by atoms with Gasteiger partial charge in [0.05, 0.1) is 6.04 Å². The molecule has 0 bridgehead atoms. The van der Waals surface area contributed by atoms with Crippen molar-refractivity contribution >= 4 is 23.4 Å². The first-order valence-electron chi connectivity index (χ1n) is 6.86. The Kier molecular flexibility index (Phi) is 5.41. The summed E-state index contributed by atoms with van der Waals surface area (Å²) in [6.45, 7) is 2.18. The molecule has 0 aliphatic carbocycles. The molecule has 0 fully saturated rings. The minimum absolute atomic E-state index is 0.0292. The average Bonchev–Trinajstić information content (AvgIpc) is 2.85. The third-order valence-electron chi connectivity index (χ3n) is 3.21. The first kappa shape index (κ1) is 16.3. The molecule has 6 nitrogen and oxygen atoms in total. The molecule has 0 saturated heterocycles. The van der Waals surface area contributed by atoms with Gasteiger partial charge in [0.15, 0.2) is 5.82 Å². The lowest BCUT2D eigenvalue weighted by Crippen LogP contribution is -2.37. The minimum atomic E-state index is -0.341. The maximum Gasteiger partial charge on any atom is 0.320 e. The highest BCUT2D eigenvalue weighted by Gasteiger charge is 2.18. The van der Waals surface area contributed by atoms with E-state index in [1.165, 1.54) is 0 Å². The first-order valence-corrected chi connectivity index (χ1v) is 7.24. The van der Waals surface area contributed by atoms with E-state index < -0.39 is 0 Å². The lowest BCUT2D eigenvalue weighted by molar-refractivity contribution is 0.243. The Morgan fingerprint density at radius 2 is 2.14 bits per heavy atom. The number of anilines is 1. The summed E-state index contributed by atoms with van der Waals surface area (Å²) in [5.41, 5.74) is 0.965. The second-order valence-electron chi connectivity index (χ2n) is 5.16. The molecule has 0 unspecified atom stereocenters. The second kappa shape index (κ2) is 7.29. The Morgan fingerprint density at radius 1 is 1.41 bits per heavy atom. The molecule has 2 aromatic rings. The van der Waals surface area contributed by atoms with Crippen LogP contribution < -0.4 is 10.6 Å². The smallest absolute Gasteiger partial charge is 0.320 e. The maximum absolute atomic E-state index is 11.9. The summed E-state index contributed by atoms with van der Waals surface area (Å²) in [7, 11) is 3.88. The van der Waals surface area contributed by atoms with Gasteiger partial charge in [-0.1, -0.05) is 35.0 Å². The molecule has 1 atom stereocenters. The lowest BCUT2D eigenvalue weighted by atomic mass is 10.1. The Balaban J connectivity index is 1.97. The SMILES string of the molecule is Cc1cc(NC(=O)NC[C@@H](c2ccccc2Cl)N(C)C)no1. The molecular weight excluding hydrogens is 304 g/mol. The van der Waals surface area contributed by atoms with Gasteiger partial charge in [-0.05, 0) is 32.6 Å². The van der Waals surface area contributed by atoms with Crippen molar-refractivity contribution in [2.24, 2.45) is 0 Å². The molecule has 0 spiro atoms. The molecular formula is C15H19ClN4O2. The van der Waals surface area contributed by atoms with E-state index in [4.69, 9.17) is 16.1 Å². The standard InChI is InChI=1S/C15H19ClN4O2/c1-10-8-14(19-22-10)18-15(21)17-9-13(20(2)3)11-6-4-5-7-12(11)16/h4-8,13H,9H2,1-3H3,(H2,17,18,19,21)/t13-/m0/s1. The number of rotatable bonds is 5. The summed E-state index contributed by atoms with van der Waals surface area (Å²) in [4.78, 5) is 13.9. The van der Waals surface area contributed by atoms with Crippen LogP contribution in [0.25, 0.3) is 0 Å². The molecule has 1 heterocycles. The molecule has 0 aliphatic rings. The molecule has 2 rings (SSSR count). The number of aromatic nitrogens is 1. The van der Waals surface area contributed by atoms with Crippen molar-refractivity contribution in [3.63, 3.8) is 0 Å². The van der Waals surface area contributed by atoms with E-state index in [9.17, 15) is 4.79 Å². The van der Waals surface area contributed by atoms with Crippen molar-refractivity contribution in [2.75, 3.05) is 26.0 Å². The van der Waals surface area contributed by atoms with Crippen LogP contribution in [-0.4, -0.2) is 36.7 Å². The first-order chi connectivity index (χ1) is 10.5. The number of amides is 2. The molecule has 2 amide bonds. The van der Waals surface area contributed by atoms with E-state index >= 15 is 0 Å². The topological polar surface area (TPSA) is 70.4 Å². The number of urea groups is 1. The van der Waals surface area contributed by atoms with Gasteiger partial charge in [0.2, 0.25) is 0 Å². The quantitative estimate of drug-likeness (QED) is 0.887. The van der Waals surface area contributed by atoms with Crippen LogP contribution in [0.2, 0.25) is 5.02 Å². The van der Waals surface area contributed by atoms with Crippen molar-refractivity contribution in [3.05, 3.63) is 46.7 Å². The van der Waals surface area contributed by atoms with Gasteiger partial charge < -0.3 is 14.7 Å². The van der Waals surface area contributed by atoms with E-state index in [-0.39, 0.29) is 12.1 Å². The van der Waals surface area contributed by atoms with Crippen molar-refractivity contribution in [1.82, 2.24) is 15.4 Å². The summed E-state index contributed by atoms with van der Waals surface area (Å²) in [6.07, 6.45) is 0. The molecule has 118 valence electrons. The van der Waals surface area contributed by atoms with Crippen molar-refractivity contribution in [2.45, 2.75) is 13.0 Å². The fraction of sp³-hybridized carbons (Fsp3) is 0.333. The van der Waals surface area contributed by atoms with E-state index in [1.807, 2.05) is 43.3 Å². The number of nitrogens with one attached hydrogen (secondary N) is 2. The Bertz CT molecular complexity index is 642. The van der Waals surface area contributed by atoms with Gasteiger partial charge in [-0.15, -0.1) is 0 Å². The largest absolute Gasteiger partial charge is 0.360 e. The minimum Gasteiger partial charge on any atom is -0.360 e. The summed E-state index contributed by atoms with van der Waals surface area (Å²) < 4.78 is 4.90. The number of carbonyl (C=O) groups excluding carboxylic acids is 1. The normalized spacial score (nSPS) is 12.2. The summed E-state index contributed by atoms with van der Waals surface area (Å²) in [5.74, 6) is 1.02. The zero-order valence-corrected chi connectivity index (χ0v) is 13.5. The molecule has 7 heteroatoms. The van der Waals surface area contributed by atoms with Gasteiger partial charge in [-0.3, -0.25) is 5.32 Å². The van der Waals surface area contributed by atoms with E-state index in [2.05, 4.69) is 15.8 Å². The van der Waals surface area contributed by atoms with E-state index in [0.717, 1.165) is 5.56 Å². The van der Waals surface area contributed by atoms with Gasteiger partial charge >= 0.3 is 6.03 Å². The maximum atomic E-state index is 11.9. The van der Waals surface area contributed by atoms with Crippen LogP contribution in [0, 0.1) is 6.92 Å². The van der Waals surface area contributed by atoms with Crippen molar-refractivity contribution in [3.8, 4) is 0 Å². The summed E-state index contributed by atoms with van der Waals surface area (Å²) >= 11 is 6.23. The average molecular weight is 323 g/mol. The third kappa shape index (κ3) is 4.22. The van der Waals surface area contributed by atoms with Crippen LogP contribution in [0.15, 0.2) is 34.9 Å². The van der Waals surface area contributed by atoms with E-state index in [0.29, 0.717) is 23.1 Å². The summed E-state index contributed by atoms with van der Waals surface area (Å²) in [6, 6.07) is 8.88. The van der Waals surface area contributed by atoms with Gasteiger partial charge in [-0.25, -0.2) is 4.79 Å². The Labute approximate surface area is 134 Å². The van der Waals surface area contributed by atoms with Crippen molar-refractivity contribution < 1.29 is 9.32 Å². The Morgan fingerprint density at radius 3 is 2.73 bits per heavy atom. The fourth-order valence-electron chi connectivity index (χ4n) is 2.09. The van der Waals surface area contributed by atoms with Gasteiger partial charge in [0, 0.05) is 17.6 Å². The molecule has 1 aromatic carbocycles. The highest BCUT2D eigenvalue weighted by atomic mass is 35.5. The molecule has 2 N–H and O–H groups in total.